The van der Waals surface area contributed by atoms with Crippen LogP contribution in [0.15, 0.2) is 48.5 Å². The minimum absolute atomic E-state index is 0.0983. The van der Waals surface area contributed by atoms with E-state index in [1.54, 1.807) is 28.1 Å². The molecular weight excluding hydrogens is 506 g/mol. The first-order chi connectivity index (χ1) is 19.2. The molecule has 1 aliphatic heterocycles. The van der Waals surface area contributed by atoms with Crippen LogP contribution in [0.25, 0.3) is 6.08 Å². The number of Topliss-reactive ketones (excluding diaryl/α,β-unsaturated/α-hetero) is 1. The Balaban J connectivity index is 1.57. The summed E-state index contributed by atoms with van der Waals surface area (Å²) < 4.78 is 16.4. The highest BCUT2D eigenvalue weighted by molar-refractivity contribution is 6.38. The molecule has 0 bridgehead atoms. The Bertz CT molecular complexity index is 1200. The average molecular weight is 550 g/mol. The summed E-state index contributed by atoms with van der Waals surface area (Å²) in [6, 6.07) is 13.3. The standard InChI is InChI=1S/C33H43NO6/c1-6-33(2,3)30(35)31(36)34-21-10-9-18-28(34)32(37)40-22-12-17-25-14-8-7-13-24(25)15-11-16-26-23-27(38-4)19-20-29(26)39-5/h7-8,12-14,17,19-20,23,28H,6,9-11,15-16,18,21-22H2,1-5H3/b17-12+. The zero-order valence-electron chi connectivity index (χ0n) is 24.5. The van der Waals surface area contributed by atoms with Gasteiger partial charge in [-0.3, -0.25) is 9.59 Å². The lowest BCUT2D eigenvalue weighted by atomic mass is 9.84. The van der Waals surface area contributed by atoms with Crippen LogP contribution < -0.4 is 9.47 Å². The van der Waals surface area contributed by atoms with E-state index in [0.29, 0.717) is 19.4 Å². The van der Waals surface area contributed by atoms with Gasteiger partial charge >= 0.3 is 5.97 Å². The lowest BCUT2D eigenvalue weighted by Gasteiger charge is -2.35. The first-order valence-electron chi connectivity index (χ1n) is 14.2. The quantitative estimate of drug-likeness (QED) is 0.231. The molecule has 7 nitrogen and oxygen atoms in total. The number of ether oxygens (including phenoxy) is 3. The third kappa shape index (κ3) is 7.96. The molecule has 0 N–H and O–H groups in total. The molecular formula is C33H43NO6. The van der Waals surface area contributed by atoms with Crippen molar-refractivity contribution in [3.05, 3.63) is 65.2 Å². The molecule has 0 spiro atoms. The van der Waals surface area contributed by atoms with Crippen molar-refractivity contribution >= 4 is 23.7 Å². The van der Waals surface area contributed by atoms with Crippen LogP contribution in [-0.4, -0.2) is 56.0 Å². The predicted octanol–water partition coefficient (Wildman–Crippen LogP) is 5.82. The van der Waals surface area contributed by atoms with Gasteiger partial charge in [0.25, 0.3) is 5.91 Å². The summed E-state index contributed by atoms with van der Waals surface area (Å²) in [6.45, 7) is 5.91. The van der Waals surface area contributed by atoms with Crippen molar-refractivity contribution in [3.63, 3.8) is 0 Å². The summed E-state index contributed by atoms with van der Waals surface area (Å²) in [5, 5.41) is 0. The number of methoxy groups -OCH3 is 2. The van der Waals surface area contributed by atoms with E-state index in [1.165, 1.54) is 10.5 Å². The molecule has 0 aromatic heterocycles. The molecule has 0 saturated carbocycles. The summed E-state index contributed by atoms with van der Waals surface area (Å²) in [5.74, 6) is 0.180. The highest BCUT2D eigenvalue weighted by atomic mass is 16.5. The summed E-state index contributed by atoms with van der Waals surface area (Å²) in [7, 11) is 3.33. The number of ketones is 1. The second-order valence-electron chi connectivity index (χ2n) is 10.8. The van der Waals surface area contributed by atoms with Crippen LogP contribution in [-0.2, 0) is 32.0 Å². The molecule has 0 radical (unpaired) electrons. The average Bonchev–Trinajstić information content (AvgIpc) is 2.98. The van der Waals surface area contributed by atoms with Crippen molar-refractivity contribution in [2.24, 2.45) is 5.41 Å². The summed E-state index contributed by atoms with van der Waals surface area (Å²) in [5.41, 5.74) is 2.63. The number of nitrogens with zero attached hydrogens (tertiary/aromatic N) is 1. The maximum atomic E-state index is 13.0. The smallest absolute Gasteiger partial charge is 0.329 e. The topological polar surface area (TPSA) is 82.1 Å². The van der Waals surface area contributed by atoms with Crippen LogP contribution in [0, 0.1) is 5.41 Å². The van der Waals surface area contributed by atoms with E-state index in [2.05, 4.69) is 6.07 Å². The zero-order valence-corrected chi connectivity index (χ0v) is 24.5. The van der Waals surface area contributed by atoms with E-state index >= 15 is 0 Å². The van der Waals surface area contributed by atoms with Crippen molar-refractivity contribution in [2.45, 2.75) is 71.8 Å². The third-order valence-electron chi connectivity index (χ3n) is 7.78. The van der Waals surface area contributed by atoms with Gasteiger partial charge in [0.05, 0.1) is 14.2 Å². The highest BCUT2D eigenvalue weighted by Crippen LogP contribution is 2.27. The summed E-state index contributed by atoms with van der Waals surface area (Å²) in [4.78, 5) is 40.1. The van der Waals surface area contributed by atoms with Crippen LogP contribution in [0.5, 0.6) is 11.5 Å². The monoisotopic (exact) mass is 549 g/mol. The largest absolute Gasteiger partial charge is 0.497 e. The Hall–Kier alpha value is -3.61. The molecule has 1 saturated heterocycles. The second-order valence-corrected chi connectivity index (χ2v) is 10.8. The van der Waals surface area contributed by atoms with Crippen molar-refractivity contribution in [2.75, 3.05) is 27.4 Å². The van der Waals surface area contributed by atoms with Gasteiger partial charge in [0.2, 0.25) is 5.78 Å². The maximum absolute atomic E-state index is 13.0. The van der Waals surface area contributed by atoms with E-state index in [4.69, 9.17) is 14.2 Å². The van der Waals surface area contributed by atoms with Crippen LogP contribution in [0.4, 0.5) is 0 Å². The fourth-order valence-electron chi connectivity index (χ4n) is 4.87. The first-order valence-corrected chi connectivity index (χ1v) is 14.2. The van der Waals surface area contributed by atoms with Gasteiger partial charge in [-0.2, -0.15) is 0 Å². The molecule has 1 amide bonds. The van der Waals surface area contributed by atoms with Gasteiger partial charge in [-0.15, -0.1) is 0 Å². The number of carbonyl (C=O) groups is 3. The SMILES string of the molecule is CCC(C)(C)C(=O)C(=O)N1CCCCC1C(=O)OC/C=C/c1ccccc1CCCc1cc(OC)ccc1OC. The molecule has 2 aromatic carbocycles. The molecule has 1 aliphatic rings. The lowest BCUT2D eigenvalue weighted by Crippen LogP contribution is -2.53. The van der Waals surface area contributed by atoms with Gasteiger partial charge in [0.15, 0.2) is 0 Å². The summed E-state index contributed by atoms with van der Waals surface area (Å²) >= 11 is 0. The van der Waals surface area contributed by atoms with Crippen molar-refractivity contribution in [1.82, 2.24) is 4.90 Å². The normalized spacial score (nSPS) is 15.6. The van der Waals surface area contributed by atoms with Crippen LogP contribution in [0.1, 0.15) is 69.6 Å². The zero-order chi connectivity index (χ0) is 29.1. The molecule has 2 aromatic rings. The van der Waals surface area contributed by atoms with Gasteiger partial charge in [-0.25, -0.2) is 4.79 Å². The maximum Gasteiger partial charge on any atom is 0.329 e. The van der Waals surface area contributed by atoms with Crippen molar-refractivity contribution in [1.29, 1.82) is 0 Å². The fourth-order valence-corrected chi connectivity index (χ4v) is 4.87. The number of hydrogen-bond acceptors (Lipinski definition) is 6. The molecule has 1 fully saturated rings. The van der Waals surface area contributed by atoms with Gasteiger partial charge in [0, 0.05) is 12.0 Å². The number of aryl methyl sites for hydroxylation is 2. The minimum Gasteiger partial charge on any atom is -0.497 e. The van der Waals surface area contributed by atoms with Gasteiger partial charge in [-0.1, -0.05) is 51.1 Å². The Morgan fingerprint density at radius 3 is 2.48 bits per heavy atom. The molecule has 1 unspecified atom stereocenters. The number of benzene rings is 2. The van der Waals surface area contributed by atoms with Crippen LogP contribution >= 0.6 is 0 Å². The second kappa shape index (κ2) is 14.7. The molecule has 3 rings (SSSR count). The Kier molecular flexibility index (Phi) is 11.4. The molecule has 7 heteroatoms. The highest BCUT2D eigenvalue weighted by Gasteiger charge is 2.40. The first kappa shape index (κ1) is 30.9. The Morgan fingerprint density at radius 2 is 1.75 bits per heavy atom. The van der Waals surface area contributed by atoms with Crippen molar-refractivity contribution in [3.8, 4) is 11.5 Å². The number of likely N-dealkylation sites (tertiary alicyclic amines) is 1. The minimum atomic E-state index is -0.751. The third-order valence-corrected chi connectivity index (χ3v) is 7.78. The van der Waals surface area contributed by atoms with Gasteiger partial charge in [0.1, 0.15) is 24.1 Å². The van der Waals surface area contributed by atoms with Crippen LogP contribution in [0.2, 0.25) is 0 Å². The number of hydrogen-bond donors (Lipinski definition) is 0. The lowest BCUT2D eigenvalue weighted by molar-refractivity contribution is -0.160. The van der Waals surface area contributed by atoms with Crippen LogP contribution in [0.3, 0.4) is 0 Å². The number of piperidine rings is 1. The van der Waals surface area contributed by atoms with Gasteiger partial charge in [-0.05, 0) is 85.9 Å². The van der Waals surface area contributed by atoms with E-state index in [9.17, 15) is 14.4 Å². The van der Waals surface area contributed by atoms with E-state index in [0.717, 1.165) is 54.7 Å². The number of amides is 1. The van der Waals surface area contributed by atoms with E-state index in [1.807, 2.05) is 55.5 Å². The summed E-state index contributed by atoms with van der Waals surface area (Å²) in [6.07, 6.45) is 9.11. The van der Waals surface area contributed by atoms with Crippen molar-refractivity contribution < 1.29 is 28.6 Å². The number of rotatable bonds is 13. The molecule has 0 aliphatic carbocycles. The Labute approximate surface area is 238 Å². The van der Waals surface area contributed by atoms with E-state index in [-0.39, 0.29) is 6.61 Å². The molecule has 1 atom stereocenters. The predicted molar refractivity (Wildman–Crippen MR) is 156 cm³/mol. The number of carbonyl (C=O) groups excluding carboxylic acids is 3. The van der Waals surface area contributed by atoms with E-state index < -0.39 is 29.1 Å². The molecule has 1 heterocycles. The number of esters is 1. The molecule has 216 valence electrons. The van der Waals surface area contributed by atoms with Gasteiger partial charge < -0.3 is 19.1 Å². The Morgan fingerprint density at radius 1 is 1.00 bits per heavy atom. The fraction of sp³-hybridized carbons (Fsp3) is 0.485. The molecule has 40 heavy (non-hydrogen) atoms.